The minimum atomic E-state index is -1.98. The van der Waals surface area contributed by atoms with E-state index in [0.29, 0.717) is 36.9 Å². The fourth-order valence-electron chi connectivity index (χ4n) is 6.87. The average Bonchev–Trinajstić information content (AvgIpc) is 3.40. The van der Waals surface area contributed by atoms with Crippen molar-refractivity contribution in [3.8, 4) is 11.8 Å². The van der Waals surface area contributed by atoms with E-state index in [4.69, 9.17) is 13.9 Å². The van der Waals surface area contributed by atoms with E-state index in [0.717, 1.165) is 19.3 Å². The lowest BCUT2D eigenvalue weighted by atomic mass is 9.49. The van der Waals surface area contributed by atoms with E-state index in [9.17, 15) is 5.11 Å². The molecule has 6 atom stereocenters. The Morgan fingerprint density at radius 1 is 1.03 bits per heavy atom. The number of hydrogen-bond donors (Lipinski definition) is 1. The summed E-state index contributed by atoms with van der Waals surface area (Å²) in [4.78, 5) is 0. The van der Waals surface area contributed by atoms with Crippen LogP contribution >= 0.6 is 0 Å². The summed E-state index contributed by atoms with van der Waals surface area (Å²) >= 11 is 0. The van der Waals surface area contributed by atoms with Crippen LogP contribution in [0.4, 0.5) is 0 Å². The molecule has 32 heavy (non-hydrogen) atoms. The van der Waals surface area contributed by atoms with Crippen LogP contribution in [0.3, 0.4) is 0 Å². The van der Waals surface area contributed by atoms with E-state index < -0.39 is 19.7 Å². The molecule has 1 saturated heterocycles. The van der Waals surface area contributed by atoms with Crippen LogP contribution < -0.4 is 0 Å². The number of hydrogen-bond acceptors (Lipinski definition) is 4. The molecule has 4 nitrogen and oxygen atoms in total. The molecule has 0 aromatic heterocycles. The van der Waals surface area contributed by atoms with E-state index in [1.54, 1.807) is 0 Å². The topological polar surface area (TPSA) is 47.9 Å². The summed E-state index contributed by atoms with van der Waals surface area (Å²) in [5, 5.41) is 11.2. The van der Waals surface area contributed by atoms with E-state index >= 15 is 0 Å². The van der Waals surface area contributed by atoms with Gasteiger partial charge in [-0.25, -0.2) is 0 Å². The maximum Gasteiger partial charge on any atom is 0.194 e. The molecule has 182 valence electrons. The van der Waals surface area contributed by atoms with Gasteiger partial charge in [0.2, 0.25) is 0 Å². The van der Waals surface area contributed by atoms with Gasteiger partial charge in [0.05, 0.1) is 25.2 Å². The summed E-state index contributed by atoms with van der Waals surface area (Å²) < 4.78 is 19.4. The third kappa shape index (κ3) is 4.03. The van der Waals surface area contributed by atoms with Crippen LogP contribution in [0.1, 0.15) is 79.6 Å². The SMILES string of the molecule is CCC1[C@H]2[C@H](C#C[C@@](C)(O[Si](C)(C)C(C)(C)C)C3CCCC3)[C@@H](O)CC[C@H]2C12OCCO2. The Labute approximate surface area is 197 Å². The number of ether oxygens (including phenoxy) is 2. The second-order valence-electron chi connectivity index (χ2n) is 12.5. The second-order valence-corrected chi connectivity index (χ2v) is 17.2. The Balaban J connectivity index is 1.63. The molecular formula is C27H46O4Si. The lowest BCUT2D eigenvalue weighted by Crippen LogP contribution is -2.67. The van der Waals surface area contributed by atoms with Crippen molar-refractivity contribution >= 4 is 8.32 Å². The van der Waals surface area contributed by atoms with Crippen LogP contribution in [0, 0.1) is 41.4 Å². The summed E-state index contributed by atoms with van der Waals surface area (Å²) in [6, 6.07) is 0. The van der Waals surface area contributed by atoms with Crippen molar-refractivity contribution in [1.82, 2.24) is 0 Å². The largest absolute Gasteiger partial charge is 0.401 e. The Kier molecular flexibility index (Phi) is 6.71. The van der Waals surface area contributed by atoms with Crippen molar-refractivity contribution in [2.24, 2.45) is 29.6 Å². The normalized spacial score (nSPS) is 36.8. The first-order valence-electron chi connectivity index (χ1n) is 13.1. The molecule has 1 unspecified atom stereocenters. The van der Waals surface area contributed by atoms with Crippen molar-refractivity contribution in [2.45, 2.75) is 115 Å². The number of aliphatic hydroxyl groups is 1. The highest BCUT2D eigenvalue weighted by Crippen LogP contribution is 2.62. The Morgan fingerprint density at radius 2 is 1.66 bits per heavy atom. The number of rotatable bonds is 4. The summed E-state index contributed by atoms with van der Waals surface area (Å²) in [5.41, 5.74) is -0.435. The lowest BCUT2D eigenvalue weighted by Gasteiger charge is -2.62. The maximum atomic E-state index is 11.0. The molecule has 0 aromatic carbocycles. The maximum absolute atomic E-state index is 11.0. The van der Waals surface area contributed by atoms with Gasteiger partial charge in [0.1, 0.15) is 5.60 Å². The Bertz CT molecular complexity index is 727. The monoisotopic (exact) mass is 462 g/mol. The molecule has 1 heterocycles. The third-order valence-electron chi connectivity index (χ3n) is 9.64. The van der Waals surface area contributed by atoms with Gasteiger partial charge in [-0.1, -0.05) is 52.4 Å². The highest BCUT2D eigenvalue weighted by Gasteiger charge is 2.68. The van der Waals surface area contributed by atoms with Gasteiger partial charge in [0, 0.05) is 11.8 Å². The molecule has 1 N–H and O–H groups in total. The van der Waals surface area contributed by atoms with Gasteiger partial charge >= 0.3 is 0 Å². The van der Waals surface area contributed by atoms with Gasteiger partial charge in [-0.3, -0.25) is 0 Å². The van der Waals surface area contributed by atoms with Gasteiger partial charge in [0.15, 0.2) is 14.1 Å². The van der Waals surface area contributed by atoms with E-state index in [-0.39, 0.29) is 17.1 Å². The molecule has 0 radical (unpaired) electrons. The lowest BCUT2D eigenvalue weighted by molar-refractivity contribution is -0.340. The number of fused-ring (bicyclic) bond motifs is 2. The predicted molar refractivity (Wildman–Crippen MR) is 131 cm³/mol. The van der Waals surface area contributed by atoms with Gasteiger partial charge in [-0.15, -0.1) is 0 Å². The molecule has 3 saturated carbocycles. The third-order valence-corrected chi connectivity index (χ3v) is 14.2. The average molecular weight is 463 g/mol. The van der Waals surface area contributed by atoms with E-state index in [1.807, 2.05) is 0 Å². The smallest absolute Gasteiger partial charge is 0.194 e. The molecule has 5 heteroatoms. The van der Waals surface area contributed by atoms with Crippen molar-refractivity contribution in [3.63, 3.8) is 0 Å². The molecule has 4 fully saturated rings. The van der Waals surface area contributed by atoms with Crippen LogP contribution in [0.15, 0.2) is 0 Å². The van der Waals surface area contributed by atoms with Gasteiger partial charge in [-0.2, -0.15) is 0 Å². The fourth-order valence-corrected chi connectivity index (χ4v) is 8.46. The Hall–Kier alpha value is -0.383. The number of aliphatic hydroxyl groups excluding tert-OH is 1. The summed E-state index contributed by atoms with van der Waals surface area (Å²) in [6.07, 6.45) is 7.34. The summed E-state index contributed by atoms with van der Waals surface area (Å²) in [5.74, 6) is 8.44. The van der Waals surface area contributed by atoms with Crippen molar-refractivity contribution in [3.05, 3.63) is 0 Å². The first kappa shape index (κ1) is 24.7. The van der Waals surface area contributed by atoms with Crippen LogP contribution in [0.5, 0.6) is 0 Å². The second kappa shape index (κ2) is 8.68. The van der Waals surface area contributed by atoms with Crippen molar-refractivity contribution in [1.29, 1.82) is 0 Å². The standard InChI is InChI=1S/C27H46O4Si/c1-8-21-24-20(23(28)14-13-22(24)27(21)29-17-18-30-27)15-16-26(5,19-11-9-10-12-19)31-32(6,7)25(2,3)4/h19-24,28H,8-14,17-18H2,1-7H3/t20-,21?,22-,23+,24-,26-/m1/s1. The van der Waals surface area contributed by atoms with Crippen molar-refractivity contribution in [2.75, 3.05) is 13.2 Å². The quantitative estimate of drug-likeness (QED) is 0.427. The minimum Gasteiger partial charge on any atom is -0.401 e. The molecule has 4 rings (SSSR count). The molecule has 0 amide bonds. The molecule has 3 aliphatic carbocycles. The van der Waals surface area contributed by atoms with Gasteiger partial charge < -0.3 is 19.0 Å². The highest BCUT2D eigenvalue weighted by molar-refractivity contribution is 6.74. The van der Waals surface area contributed by atoms with Crippen molar-refractivity contribution < 1.29 is 19.0 Å². The first-order chi connectivity index (χ1) is 15.0. The van der Waals surface area contributed by atoms with Gasteiger partial charge in [-0.05, 0) is 69.0 Å². The van der Waals surface area contributed by atoms with E-state index in [2.05, 4.69) is 59.6 Å². The Morgan fingerprint density at radius 3 is 2.22 bits per heavy atom. The molecular weight excluding hydrogens is 416 g/mol. The minimum absolute atomic E-state index is 0.0131. The van der Waals surface area contributed by atoms with E-state index in [1.165, 1.54) is 25.7 Å². The molecule has 4 aliphatic rings. The predicted octanol–water partition coefficient (Wildman–Crippen LogP) is 5.75. The van der Waals surface area contributed by atoms with Crippen LogP contribution in [-0.2, 0) is 13.9 Å². The zero-order chi connectivity index (χ0) is 23.4. The molecule has 0 bridgehead atoms. The fraction of sp³-hybridized carbons (Fsp3) is 0.926. The zero-order valence-corrected chi connectivity index (χ0v) is 22.5. The molecule has 1 spiro atoms. The van der Waals surface area contributed by atoms with Crippen LogP contribution in [0.25, 0.3) is 0 Å². The molecule has 0 aromatic rings. The van der Waals surface area contributed by atoms with Gasteiger partial charge in [0.25, 0.3) is 0 Å². The zero-order valence-electron chi connectivity index (χ0n) is 21.5. The van der Waals surface area contributed by atoms with Crippen LogP contribution in [0.2, 0.25) is 18.1 Å². The highest BCUT2D eigenvalue weighted by atomic mass is 28.4. The summed E-state index contributed by atoms with van der Waals surface area (Å²) in [7, 11) is -1.98. The molecule has 1 aliphatic heterocycles. The van der Waals surface area contributed by atoms with Crippen LogP contribution in [-0.4, -0.2) is 44.1 Å². The summed E-state index contributed by atoms with van der Waals surface area (Å²) in [6.45, 7) is 17.4. The first-order valence-corrected chi connectivity index (χ1v) is 16.0.